The fourth-order valence-electron chi connectivity index (χ4n) is 10.4. The van der Waals surface area contributed by atoms with Crippen LogP contribution in [0.5, 0.6) is 0 Å². The molecule has 13 rings (SSSR count). The van der Waals surface area contributed by atoms with E-state index in [1.54, 1.807) is 0 Å². The Hall–Kier alpha value is -8.14. The lowest BCUT2D eigenvalue weighted by molar-refractivity contribution is 0.669. The zero-order chi connectivity index (χ0) is 40.8. The van der Waals surface area contributed by atoms with E-state index in [1.807, 2.05) is 12.1 Å². The summed E-state index contributed by atoms with van der Waals surface area (Å²) in [6, 6.07) is 78.8. The first-order chi connectivity index (χ1) is 30.7. The molecule has 1 spiro atoms. The molecule has 2 heterocycles. The zero-order valence-electron chi connectivity index (χ0n) is 33.6. The van der Waals surface area contributed by atoms with Gasteiger partial charge in [0.1, 0.15) is 11.2 Å². The summed E-state index contributed by atoms with van der Waals surface area (Å²) < 4.78 is 6.26. The second-order valence-corrected chi connectivity index (χ2v) is 16.4. The Morgan fingerprint density at radius 1 is 0.290 bits per heavy atom. The standard InChI is InChI=1S/C59H36N2O/c1-2-15-37(16-3-1)38-17-14-18-39(33-38)54-36-55(40-30-32-57-49(34-40)48-24-9-13-28-56(48)62-57)61-58(60-54)41-29-31-47-46-23-8-12-27-52(46)59(53(47)35-41)50-25-10-6-21-44(50)42-19-4-5-20-43(42)45-22-7-11-26-51(45)59/h1-36H. The maximum atomic E-state index is 6.26. The van der Waals surface area contributed by atoms with Gasteiger partial charge in [0, 0.05) is 27.5 Å². The van der Waals surface area contributed by atoms with Gasteiger partial charge < -0.3 is 4.42 Å². The highest BCUT2D eigenvalue weighted by atomic mass is 16.3. The molecular weight excluding hydrogens is 753 g/mol. The van der Waals surface area contributed by atoms with E-state index < -0.39 is 5.41 Å². The quantitative estimate of drug-likeness (QED) is 0.178. The minimum absolute atomic E-state index is 0.605. The van der Waals surface area contributed by atoms with Crippen LogP contribution in [-0.2, 0) is 5.41 Å². The average Bonchev–Trinajstić information content (AvgIpc) is 3.84. The van der Waals surface area contributed by atoms with Crippen LogP contribution in [0.25, 0.3) is 100 Å². The van der Waals surface area contributed by atoms with E-state index in [0.29, 0.717) is 5.82 Å². The van der Waals surface area contributed by atoms with E-state index in [0.717, 1.165) is 61.1 Å². The molecule has 2 aromatic heterocycles. The molecule has 0 bridgehead atoms. The van der Waals surface area contributed by atoms with Crippen molar-refractivity contribution in [3.63, 3.8) is 0 Å². The summed E-state index contributed by atoms with van der Waals surface area (Å²) in [6.45, 7) is 0. The Morgan fingerprint density at radius 2 is 0.790 bits per heavy atom. The molecule has 3 nitrogen and oxygen atoms in total. The van der Waals surface area contributed by atoms with Gasteiger partial charge in [-0.3, -0.25) is 0 Å². The molecule has 2 aliphatic carbocycles. The number of fused-ring (bicyclic) bond motifs is 15. The molecule has 0 atom stereocenters. The molecule has 11 aromatic rings. The van der Waals surface area contributed by atoms with Crippen molar-refractivity contribution in [1.82, 2.24) is 9.97 Å². The van der Waals surface area contributed by atoms with Crippen molar-refractivity contribution >= 4 is 21.9 Å². The number of aromatic nitrogens is 2. The van der Waals surface area contributed by atoms with Crippen LogP contribution >= 0.6 is 0 Å². The van der Waals surface area contributed by atoms with Gasteiger partial charge in [0.25, 0.3) is 0 Å². The van der Waals surface area contributed by atoms with Gasteiger partial charge in [0.2, 0.25) is 0 Å². The molecule has 0 aliphatic heterocycles. The van der Waals surface area contributed by atoms with Crippen LogP contribution in [0.3, 0.4) is 0 Å². The van der Waals surface area contributed by atoms with Crippen molar-refractivity contribution in [1.29, 1.82) is 0 Å². The van der Waals surface area contributed by atoms with Gasteiger partial charge in [-0.15, -0.1) is 0 Å². The van der Waals surface area contributed by atoms with E-state index >= 15 is 0 Å². The smallest absolute Gasteiger partial charge is 0.160 e. The van der Waals surface area contributed by atoms with Crippen LogP contribution in [0.15, 0.2) is 223 Å². The molecule has 0 saturated heterocycles. The average molecular weight is 789 g/mol. The van der Waals surface area contributed by atoms with E-state index in [2.05, 4.69) is 206 Å². The summed E-state index contributed by atoms with van der Waals surface area (Å²) in [6.07, 6.45) is 0. The normalized spacial score (nSPS) is 13.0. The Balaban J connectivity index is 1.07. The second-order valence-electron chi connectivity index (χ2n) is 16.4. The Kier molecular flexibility index (Phi) is 7.52. The lowest BCUT2D eigenvalue weighted by Crippen LogP contribution is -2.29. The van der Waals surface area contributed by atoms with Crippen molar-refractivity contribution in [3.8, 4) is 78.4 Å². The maximum absolute atomic E-state index is 6.26. The summed E-state index contributed by atoms with van der Waals surface area (Å²) in [7, 11) is 0. The van der Waals surface area contributed by atoms with Crippen molar-refractivity contribution in [2.24, 2.45) is 0 Å². The van der Waals surface area contributed by atoms with Gasteiger partial charge in [-0.1, -0.05) is 176 Å². The van der Waals surface area contributed by atoms with Crippen LogP contribution < -0.4 is 0 Å². The molecule has 9 aromatic carbocycles. The third-order valence-electron chi connectivity index (χ3n) is 13.1. The van der Waals surface area contributed by atoms with Gasteiger partial charge in [-0.2, -0.15) is 0 Å². The van der Waals surface area contributed by atoms with Gasteiger partial charge in [0.05, 0.1) is 16.8 Å². The molecule has 288 valence electrons. The number of furan rings is 1. The summed E-state index contributed by atoms with van der Waals surface area (Å²) in [5, 5.41) is 2.15. The first-order valence-electron chi connectivity index (χ1n) is 21.2. The SMILES string of the molecule is c1ccc(-c2cccc(-c3cc(-c4ccc5oc6ccccc6c5c4)nc(-c4ccc5c(c4)C4(c6ccccc6-c6ccccc6-c6ccccc64)c4ccccc4-5)n3)c2)cc1. The Labute approximate surface area is 359 Å². The first kappa shape index (κ1) is 34.7. The summed E-state index contributed by atoms with van der Waals surface area (Å²) >= 11 is 0. The molecule has 2 aliphatic rings. The number of hydrogen-bond acceptors (Lipinski definition) is 3. The van der Waals surface area contributed by atoms with E-state index in [1.165, 1.54) is 55.6 Å². The number of benzene rings is 9. The van der Waals surface area contributed by atoms with Crippen molar-refractivity contribution in [2.45, 2.75) is 5.41 Å². The predicted molar refractivity (Wildman–Crippen MR) is 253 cm³/mol. The topological polar surface area (TPSA) is 38.9 Å². The van der Waals surface area contributed by atoms with E-state index in [9.17, 15) is 0 Å². The molecule has 0 radical (unpaired) electrons. The van der Waals surface area contributed by atoms with Crippen molar-refractivity contribution in [3.05, 3.63) is 241 Å². The number of nitrogens with zero attached hydrogens (tertiary/aromatic N) is 2. The third kappa shape index (κ3) is 5.06. The molecule has 3 heteroatoms. The number of rotatable bonds is 4. The van der Waals surface area contributed by atoms with Crippen LogP contribution in [0.2, 0.25) is 0 Å². The highest BCUT2D eigenvalue weighted by Crippen LogP contribution is 2.61. The summed E-state index contributed by atoms with van der Waals surface area (Å²) in [4.78, 5) is 10.9. The van der Waals surface area contributed by atoms with Crippen molar-refractivity contribution < 1.29 is 4.42 Å². The molecule has 0 amide bonds. The first-order valence-corrected chi connectivity index (χ1v) is 21.2. The highest BCUT2D eigenvalue weighted by molar-refractivity contribution is 6.06. The maximum Gasteiger partial charge on any atom is 0.160 e. The highest BCUT2D eigenvalue weighted by Gasteiger charge is 2.49. The van der Waals surface area contributed by atoms with Gasteiger partial charge >= 0.3 is 0 Å². The Morgan fingerprint density at radius 3 is 1.48 bits per heavy atom. The van der Waals surface area contributed by atoms with Gasteiger partial charge in [-0.05, 0) is 109 Å². The summed E-state index contributed by atoms with van der Waals surface area (Å²) in [5.41, 5.74) is 20.6. The Bertz CT molecular complexity index is 3530. The third-order valence-corrected chi connectivity index (χ3v) is 13.1. The van der Waals surface area contributed by atoms with E-state index in [-0.39, 0.29) is 0 Å². The minimum atomic E-state index is -0.605. The molecule has 0 saturated carbocycles. The van der Waals surface area contributed by atoms with E-state index in [4.69, 9.17) is 14.4 Å². The fourth-order valence-corrected chi connectivity index (χ4v) is 10.4. The largest absolute Gasteiger partial charge is 0.456 e. The lowest BCUT2D eigenvalue weighted by atomic mass is 9.66. The monoisotopic (exact) mass is 788 g/mol. The predicted octanol–water partition coefficient (Wildman–Crippen LogP) is 15.1. The number of hydrogen-bond donors (Lipinski definition) is 0. The zero-order valence-corrected chi connectivity index (χ0v) is 33.6. The van der Waals surface area contributed by atoms with Crippen LogP contribution in [-0.4, -0.2) is 9.97 Å². The lowest BCUT2D eigenvalue weighted by Gasteiger charge is -2.35. The van der Waals surface area contributed by atoms with Crippen LogP contribution in [0.4, 0.5) is 0 Å². The molecule has 62 heavy (non-hydrogen) atoms. The molecular formula is C59H36N2O. The van der Waals surface area contributed by atoms with Crippen LogP contribution in [0.1, 0.15) is 22.3 Å². The number of para-hydroxylation sites is 1. The van der Waals surface area contributed by atoms with Crippen LogP contribution in [0, 0.1) is 0 Å². The second kappa shape index (κ2) is 13.4. The summed E-state index contributed by atoms with van der Waals surface area (Å²) in [5.74, 6) is 0.673. The molecule has 0 unspecified atom stereocenters. The fraction of sp³-hybridized carbons (Fsp3) is 0.0169. The molecule has 0 N–H and O–H groups in total. The van der Waals surface area contributed by atoms with Gasteiger partial charge in [0.15, 0.2) is 5.82 Å². The van der Waals surface area contributed by atoms with Crippen molar-refractivity contribution in [2.75, 3.05) is 0 Å². The minimum Gasteiger partial charge on any atom is -0.456 e. The molecule has 0 fully saturated rings. The van der Waals surface area contributed by atoms with Gasteiger partial charge in [-0.25, -0.2) is 9.97 Å².